The third kappa shape index (κ3) is 5.11. The van der Waals surface area contributed by atoms with Crippen molar-refractivity contribution in [2.45, 2.75) is 26.8 Å². The second-order valence-electron chi connectivity index (χ2n) is 7.90. The topological polar surface area (TPSA) is 70.7 Å². The van der Waals surface area contributed by atoms with Gasteiger partial charge in [0.15, 0.2) is 0 Å². The maximum Gasteiger partial charge on any atom is 0.319 e. The molecule has 7 heteroatoms. The molecule has 3 amide bonds. The number of nitrogens with zero attached hydrogens (tertiary/aromatic N) is 1. The Labute approximate surface area is 169 Å². The first-order chi connectivity index (χ1) is 13.3. The zero-order chi connectivity index (χ0) is 20.1. The van der Waals surface area contributed by atoms with Crippen LogP contribution in [-0.2, 0) is 4.74 Å². The number of hydrogen-bond donors (Lipinski definition) is 2. The number of carbonyl (C=O) groups excluding carboxylic acids is 2. The van der Waals surface area contributed by atoms with Crippen LogP contribution < -0.4 is 10.6 Å². The molecule has 0 aliphatic carbocycles. The van der Waals surface area contributed by atoms with E-state index in [0.717, 1.165) is 4.88 Å². The quantitative estimate of drug-likeness (QED) is 0.809. The zero-order valence-corrected chi connectivity index (χ0v) is 17.3. The summed E-state index contributed by atoms with van der Waals surface area (Å²) in [6, 6.07) is 10.7. The van der Waals surface area contributed by atoms with Gasteiger partial charge in [-0.25, -0.2) is 4.79 Å². The van der Waals surface area contributed by atoms with Gasteiger partial charge < -0.3 is 20.3 Å². The van der Waals surface area contributed by atoms with Crippen LogP contribution in [0.5, 0.6) is 0 Å². The largest absolute Gasteiger partial charge is 0.378 e. The maximum atomic E-state index is 12.6. The van der Waals surface area contributed by atoms with Gasteiger partial charge in [-0.05, 0) is 35.1 Å². The van der Waals surface area contributed by atoms with Crippen LogP contribution in [0.25, 0.3) is 0 Å². The summed E-state index contributed by atoms with van der Waals surface area (Å²) in [5.74, 6) is -0.0430. The Balaban J connectivity index is 1.67. The Morgan fingerprint density at radius 1 is 1.14 bits per heavy atom. The molecule has 0 unspecified atom stereocenters. The molecule has 28 heavy (non-hydrogen) atoms. The number of hydrogen-bond acceptors (Lipinski definition) is 4. The van der Waals surface area contributed by atoms with E-state index >= 15 is 0 Å². The van der Waals surface area contributed by atoms with Gasteiger partial charge in [0, 0.05) is 29.2 Å². The molecular formula is C21H27N3O3S. The molecule has 1 atom stereocenters. The molecule has 0 saturated carbocycles. The Morgan fingerprint density at radius 2 is 1.89 bits per heavy atom. The van der Waals surface area contributed by atoms with E-state index in [2.05, 4.69) is 31.4 Å². The van der Waals surface area contributed by atoms with Crippen molar-refractivity contribution in [1.29, 1.82) is 0 Å². The van der Waals surface area contributed by atoms with Crippen LogP contribution in [0.1, 0.15) is 42.0 Å². The fourth-order valence-corrected chi connectivity index (χ4v) is 4.17. The zero-order valence-electron chi connectivity index (χ0n) is 16.5. The van der Waals surface area contributed by atoms with Gasteiger partial charge in [-0.1, -0.05) is 32.9 Å². The van der Waals surface area contributed by atoms with Crippen molar-refractivity contribution in [3.05, 3.63) is 52.2 Å². The number of anilines is 1. The minimum absolute atomic E-state index is 0.0430. The lowest BCUT2D eigenvalue weighted by Crippen LogP contribution is -2.40. The van der Waals surface area contributed by atoms with Gasteiger partial charge in [0.25, 0.3) is 5.91 Å². The standard InChI is InChI=1S/C21H27N3O3S/c1-21(2,3)18(17-8-5-13-28-17)23-20(26)22-16-7-4-6-15(14-16)19(25)24-9-11-27-12-10-24/h4-8,13-14,18H,9-12H2,1-3H3,(H2,22,23,26)/t18-/m1/s1. The maximum absolute atomic E-state index is 12.6. The Morgan fingerprint density at radius 3 is 2.54 bits per heavy atom. The number of ether oxygens (including phenoxy) is 1. The Bertz CT molecular complexity index is 809. The predicted molar refractivity (Wildman–Crippen MR) is 112 cm³/mol. The normalized spacial score (nSPS) is 15.8. The first-order valence-electron chi connectivity index (χ1n) is 9.42. The van der Waals surface area contributed by atoms with Crippen LogP contribution in [-0.4, -0.2) is 43.1 Å². The summed E-state index contributed by atoms with van der Waals surface area (Å²) in [4.78, 5) is 28.1. The molecule has 1 saturated heterocycles. The molecule has 0 spiro atoms. The molecular weight excluding hydrogens is 374 g/mol. The number of rotatable bonds is 4. The van der Waals surface area contributed by atoms with Gasteiger partial charge in [-0.2, -0.15) is 0 Å². The van der Waals surface area contributed by atoms with Crippen molar-refractivity contribution in [1.82, 2.24) is 10.2 Å². The number of urea groups is 1. The van der Waals surface area contributed by atoms with Crippen molar-refractivity contribution in [3.8, 4) is 0 Å². The van der Waals surface area contributed by atoms with Crippen LogP contribution in [0.2, 0.25) is 0 Å². The van der Waals surface area contributed by atoms with E-state index in [1.807, 2.05) is 17.5 Å². The average molecular weight is 402 g/mol. The summed E-state index contributed by atoms with van der Waals surface area (Å²) in [7, 11) is 0. The van der Waals surface area contributed by atoms with E-state index in [0.29, 0.717) is 37.6 Å². The molecule has 1 aromatic heterocycles. The van der Waals surface area contributed by atoms with Gasteiger partial charge in [0.2, 0.25) is 0 Å². The SMILES string of the molecule is CC(C)(C)[C@H](NC(=O)Nc1cccc(C(=O)N2CCOCC2)c1)c1cccs1. The number of benzene rings is 1. The van der Waals surface area contributed by atoms with Gasteiger partial charge in [0.05, 0.1) is 19.3 Å². The summed E-state index contributed by atoms with van der Waals surface area (Å²) in [6.45, 7) is 8.58. The molecule has 0 radical (unpaired) electrons. The van der Waals surface area contributed by atoms with E-state index in [1.54, 1.807) is 40.5 Å². The minimum atomic E-state index is -0.288. The highest BCUT2D eigenvalue weighted by atomic mass is 32.1. The van der Waals surface area contributed by atoms with Crippen molar-refractivity contribution < 1.29 is 14.3 Å². The number of morpholine rings is 1. The van der Waals surface area contributed by atoms with Crippen molar-refractivity contribution >= 4 is 29.0 Å². The van der Waals surface area contributed by atoms with Crippen LogP contribution >= 0.6 is 11.3 Å². The summed E-state index contributed by atoms with van der Waals surface area (Å²) in [6.07, 6.45) is 0. The third-order valence-corrected chi connectivity index (χ3v) is 5.57. The predicted octanol–water partition coefficient (Wildman–Crippen LogP) is 4.13. The second kappa shape index (κ2) is 8.75. The van der Waals surface area contributed by atoms with E-state index in [-0.39, 0.29) is 23.4 Å². The van der Waals surface area contributed by atoms with Gasteiger partial charge >= 0.3 is 6.03 Å². The number of carbonyl (C=O) groups is 2. The van der Waals surface area contributed by atoms with Gasteiger partial charge in [-0.15, -0.1) is 11.3 Å². The molecule has 1 aromatic carbocycles. The fraction of sp³-hybridized carbons (Fsp3) is 0.429. The molecule has 2 heterocycles. The van der Waals surface area contributed by atoms with Crippen molar-refractivity contribution in [2.75, 3.05) is 31.6 Å². The molecule has 1 aliphatic heterocycles. The lowest BCUT2D eigenvalue weighted by atomic mass is 9.86. The lowest BCUT2D eigenvalue weighted by molar-refractivity contribution is 0.0303. The Kier molecular flexibility index (Phi) is 6.36. The molecule has 6 nitrogen and oxygen atoms in total. The smallest absolute Gasteiger partial charge is 0.319 e. The molecule has 2 aromatic rings. The molecule has 1 fully saturated rings. The fourth-order valence-electron chi connectivity index (χ4n) is 3.15. The monoisotopic (exact) mass is 401 g/mol. The molecule has 3 rings (SSSR count). The van der Waals surface area contributed by atoms with Crippen LogP contribution in [0.15, 0.2) is 41.8 Å². The summed E-state index contributed by atoms with van der Waals surface area (Å²) >= 11 is 1.63. The average Bonchev–Trinajstić information content (AvgIpc) is 3.20. The van der Waals surface area contributed by atoms with Crippen molar-refractivity contribution in [3.63, 3.8) is 0 Å². The van der Waals surface area contributed by atoms with Crippen LogP contribution in [0, 0.1) is 5.41 Å². The highest BCUT2D eigenvalue weighted by Crippen LogP contribution is 2.35. The van der Waals surface area contributed by atoms with E-state index in [1.165, 1.54) is 0 Å². The lowest BCUT2D eigenvalue weighted by Gasteiger charge is -2.30. The van der Waals surface area contributed by atoms with E-state index in [4.69, 9.17) is 4.74 Å². The highest BCUT2D eigenvalue weighted by molar-refractivity contribution is 7.10. The molecule has 1 aliphatic rings. The molecule has 2 N–H and O–H groups in total. The minimum Gasteiger partial charge on any atom is -0.378 e. The van der Waals surface area contributed by atoms with E-state index < -0.39 is 0 Å². The Hall–Kier alpha value is -2.38. The van der Waals surface area contributed by atoms with Gasteiger partial charge in [0.1, 0.15) is 0 Å². The number of thiophene rings is 1. The molecule has 0 bridgehead atoms. The first kappa shape index (κ1) is 20.4. The van der Waals surface area contributed by atoms with Crippen LogP contribution in [0.3, 0.4) is 0 Å². The number of amides is 3. The third-order valence-electron chi connectivity index (χ3n) is 4.63. The first-order valence-corrected chi connectivity index (χ1v) is 10.3. The summed E-state index contributed by atoms with van der Waals surface area (Å²) in [5, 5.41) is 7.94. The number of nitrogens with one attached hydrogen (secondary N) is 2. The second-order valence-corrected chi connectivity index (χ2v) is 8.88. The van der Waals surface area contributed by atoms with E-state index in [9.17, 15) is 9.59 Å². The van der Waals surface area contributed by atoms with Crippen molar-refractivity contribution in [2.24, 2.45) is 5.41 Å². The van der Waals surface area contributed by atoms with Gasteiger partial charge in [-0.3, -0.25) is 4.79 Å². The molecule has 150 valence electrons. The van der Waals surface area contributed by atoms with Crippen LogP contribution in [0.4, 0.5) is 10.5 Å². The highest BCUT2D eigenvalue weighted by Gasteiger charge is 2.28. The summed E-state index contributed by atoms with van der Waals surface area (Å²) < 4.78 is 5.30. The summed E-state index contributed by atoms with van der Waals surface area (Å²) in [5.41, 5.74) is 1.02.